The number of methoxy groups -OCH3 is 1. The quantitative estimate of drug-likeness (QED) is 0.752. The monoisotopic (exact) mass is 335 g/mol. The highest BCUT2D eigenvalue weighted by Gasteiger charge is 2.19. The molecule has 0 fully saturated rings. The van der Waals surface area contributed by atoms with Gasteiger partial charge in [-0.2, -0.15) is 5.10 Å². The summed E-state index contributed by atoms with van der Waals surface area (Å²) in [7, 11) is 1.62. The molecule has 0 spiro atoms. The third-order valence-electron chi connectivity index (χ3n) is 3.82. The van der Waals surface area contributed by atoms with Crippen LogP contribution in [-0.2, 0) is 4.74 Å². The van der Waals surface area contributed by atoms with E-state index < -0.39 is 0 Å². The Morgan fingerprint density at radius 1 is 1.12 bits per heavy atom. The van der Waals surface area contributed by atoms with Gasteiger partial charge in [0.2, 0.25) is 0 Å². The van der Waals surface area contributed by atoms with Crippen LogP contribution in [0.4, 0.5) is 0 Å². The molecule has 5 heteroatoms. The van der Waals surface area contributed by atoms with E-state index in [1.807, 2.05) is 67.6 Å². The van der Waals surface area contributed by atoms with E-state index in [1.54, 1.807) is 18.0 Å². The molecule has 128 valence electrons. The van der Waals surface area contributed by atoms with E-state index in [1.165, 1.54) is 0 Å². The lowest BCUT2D eigenvalue weighted by Gasteiger charge is -2.12. The van der Waals surface area contributed by atoms with Crippen molar-refractivity contribution in [3.05, 3.63) is 72.4 Å². The Balaban J connectivity index is 2.00. The molecule has 0 aliphatic heterocycles. The normalized spacial score (nSPS) is 11.9. The molecule has 1 atom stereocenters. The molecule has 2 aromatic carbocycles. The standard InChI is InChI=1S/C20H21N3O2/c1-15(14-25-2)21-20(24)18-13-23(17-11-7-4-8-12-17)22-19(18)16-9-5-3-6-10-16/h3-13,15H,14H2,1-2H3,(H,21,24)/t15-/m0/s1. The van der Waals surface area contributed by atoms with Crippen molar-refractivity contribution >= 4 is 5.91 Å². The van der Waals surface area contributed by atoms with Crippen LogP contribution in [0.25, 0.3) is 16.9 Å². The number of ether oxygens (including phenoxy) is 1. The number of hydrogen-bond donors (Lipinski definition) is 1. The SMILES string of the molecule is COC[C@H](C)NC(=O)c1cn(-c2ccccc2)nc1-c1ccccc1. The van der Waals surface area contributed by atoms with Crippen LogP contribution in [0.2, 0.25) is 0 Å². The summed E-state index contributed by atoms with van der Waals surface area (Å²) in [6.07, 6.45) is 1.77. The Morgan fingerprint density at radius 2 is 1.76 bits per heavy atom. The van der Waals surface area contributed by atoms with Gasteiger partial charge in [-0.3, -0.25) is 4.79 Å². The Bertz CT molecular complexity index is 829. The van der Waals surface area contributed by atoms with Gasteiger partial charge in [-0.05, 0) is 19.1 Å². The molecule has 5 nitrogen and oxygen atoms in total. The van der Waals surface area contributed by atoms with Crippen LogP contribution in [0, 0.1) is 0 Å². The Kier molecular flexibility index (Phi) is 5.26. The number of nitrogens with one attached hydrogen (secondary N) is 1. The average molecular weight is 335 g/mol. The van der Waals surface area contributed by atoms with Crippen molar-refractivity contribution in [3.8, 4) is 16.9 Å². The largest absolute Gasteiger partial charge is 0.383 e. The van der Waals surface area contributed by atoms with E-state index in [0.29, 0.717) is 17.9 Å². The van der Waals surface area contributed by atoms with Gasteiger partial charge in [0.25, 0.3) is 5.91 Å². The molecule has 0 bridgehead atoms. The Morgan fingerprint density at radius 3 is 2.40 bits per heavy atom. The topological polar surface area (TPSA) is 56.1 Å². The molecule has 0 saturated heterocycles. The minimum absolute atomic E-state index is 0.0822. The molecule has 0 radical (unpaired) electrons. The second-order valence-electron chi connectivity index (χ2n) is 5.87. The van der Waals surface area contributed by atoms with Crippen LogP contribution < -0.4 is 5.32 Å². The van der Waals surface area contributed by atoms with Gasteiger partial charge in [-0.1, -0.05) is 48.5 Å². The zero-order valence-corrected chi connectivity index (χ0v) is 14.3. The molecule has 1 N–H and O–H groups in total. The first kappa shape index (κ1) is 16.9. The zero-order valence-electron chi connectivity index (χ0n) is 14.3. The fourth-order valence-corrected chi connectivity index (χ4v) is 2.66. The summed E-state index contributed by atoms with van der Waals surface area (Å²) >= 11 is 0. The number of amides is 1. The van der Waals surface area contributed by atoms with Crippen molar-refractivity contribution in [2.75, 3.05) is 13.7 Å². The summed E-state index contributed by atoms with van der Waals surface area (Å²) < 4.78 is 6.83. The molecule has 0 aliphatic carbocycles. The van der Waals surface area contributed by atoms with Gasteiger partial charge >= 0.3 is 0 Å². The average Bonchev–Trinajstić information content (AvgIpc) is 3.09. The second-order valence-corrected chi connectivity index (χ2v) is 5.87. The number of carbonyl (C=O) groups excluding carboxylic acids is 1. The van der Waals surface area contributed by atoms with E-state index in [2.05, 4.69) is 10.4 Å². The molecule has 0 aliphatic rings. The maximum absolute atomic E-state index is 12.7. The lowest BCUT2D eigenvalue weighted by atomic mass is 10.1. The summed E-state index contributed by atoms with van der Waals surface area (Å²) in [5, 5.41) is 7.60. The van der Waals surface area contributed by atoms with E-state index >= 15 is 0 Å². The van der Waals surface area contributed by atoms with Gasteiger partial charge in [0.1, 0.15) is 5.69 Å². The number of aromatic nitrogens is 2. The molecule has 1 heterocycles. The summed E-state index contributed by atoms with van der Waals surface area (Å²) in [6.45, 7) is 2.37. The van der Waals surface area contributed by atoms with Gasteiger partial charge in [0.05, 0.1) is 17.9 Å². The van der Waals surface area contributed by atoms with Crippen molar-refractivity contribution in [2.24, 2.45) is 0 Å². The Labute approximate surface area is 147 Å². The molecule has 3 aromatic rings. The van der Waals surface area contributed by atoms with Gasteiger partial charge in [0.15, 0.2) is 0 Å². The van der Waals surface area contributed by atoms with Crippen molar-refractivity contribution < 1.29 is 9.53 Å². The van der Waals surface area contributed by atoms with E-state index in [-0.39, 0.29) is 11.9 Å². The molecule has 1 aromatic heterocycles. The van der Waals surface area contributed by atoms with E-state index in [9.17, 15) is 4.79 Å². The van der Waals surface area contributed by atoms with E-state index in [4.69, 9.17) is 4.74 Å². The summed E-state index contributed by atoms with van der Waals surface area (Å²) in [6, 6.07) is 19.4. The minimum Gasteiger partial charge on any atom is -0.383 e. The number of rotatable bonds is 6. The predicted octanol–water partition coefficient (Wildman–Crippen LogP) is 3.30. The van der Waals surface area contributed by atoms with Crippen molar-refractivity contribution in [1.29, 1.82) is 0 Å². The summed E-state index contributed by atoms with van der Waals surface area (Å²) in [5.74, 6) is -0.161. The number of para-hydroxylation sites is 1. The van der Waals surface area contributed by atoms with Gasteiger partial charge in [-0.15, -0.1) is 0 Å². The second kappa shape index (κ2) is 7.77. The van der Waals surface area contributed by atoms with Crippen LogP contribution in [-0.4, -0.2) is 35.4 Å². The van der Waals surface area contributed by atoms with Crippen LogP contribution in [0.3, 0.4) is 0 Å². The van der Waals surface area contributed by atoms with Gasteiger partial charge in [0, 0.05) is 24.9 Å². The third-order valence-corrected chi connectivity index (χ3v) is 3.82. The fraction of sp³-hybridized carbons (Fsp3) is 0.200. The van der Waals surface area contributed by atoms with Crippen LogP contribution >= 0.6 is 0 Å². The summed E-state index contributed by atoms with van der Waals surface area (Å²) in [5.41, 5.74) is 3.01. The highest BCUT2D eigenvalue weighted by Crippen LogP contribution is 2.23. The molecule has 0 unspecified atom stereocenters. The lowest BCUT2D eigenvalue weighted by Crippen LogP contribution is -2.35. The minimum atomic E-state index is -0.161. The fourth-order valence-electron chi connectivity index (χ4n) is 2.66. The van der Waals surface area contributed by atoms with Crippen LogP contribution in [0.5, 0.6) is 0 Å². The highest BCUT2D eigenvalue weighted by atomic mass is 16.5. The van der Waals surface area contributed by atoms with Crippen molar-refractivity contribution in [1.82, 2.24) is 15.1 Å². The van der Waals surface area contributed by atoms with Crippen molar-refractivity contribution in [2.45, 2.75) is 13.0 Å². The lowest BCUT2D eigenvalue weighted by molar-refractivity contribution is 0.0906. The third kappa shape index (κ3) is 3.95. The van der Waals surface area contributed by atoms with Crippen molar-refractivity contribution in [3.63, 3.8) is 0 Å². The molecule has 25 heavy (non-hydrogen) atoms. The number of nitrogens with zero attached hydrogens (tertiary/aromatic N) is 2. The molecule has 3 rings (SSSR count). The number of carbonyl (C=O) groups is 1. The van der Waals surface area contributed by atoms with Crippen LogP contribution in [0.1, 0.15) is 17.3 Å². The smallest absolute Gasteiger partial charge is 0.255 e. The first-order chi connectivity index (χ1) is 12.2. The highest BCUT2D eigenvalue weighted by molar-refractivity contribution is 6.00. The van der Waals surface area contributed by atoms with E-state index in [0.717, 1.165) is 11.3 Å². The zero-order chi connectivity index (χ0) is 17.6. The molecule has 0 saturated carbocycles. The summed E-state index contributed by atoms with van der Waals surface area (Å²) in [4.78, 5) is 12.7. The predicted molar refractivity (Wildman–Crippen MR) is 97.8 cm³/mol. The first-order valence-corrected chi connectivity index (χ1v) is 8.19. The Hall–Kier alpha value is -2.92. The number of benzene rings is 2. The maximum Gasteiger partial charge on any atom is 0.255 e. The molecular weight excluding hydrogens is 314 g/mol. The van der Waals surface area contributed by atoms with Gasteiger partial charge in [-0.25, -0.2) is 4.68 Å². The molecular formula is C20H21N3O2. The number of hydrogen-bond acceptors (Lipinski definition) is 3. The first-order valence-electron chi connectivity index (χ1n) is 8.19. The maximum atomic E-state index is 12.7. The van der Waals surface area contributed by atoms with Gasteiger partial charge < -0.3 is 10.1 Å². The molecule has 1 amide bonds. The van der Waals surface area contributed by atoms with Crippen LogP contribution in [0.15, 0.2) is 66.9 Å².